The van der Waals surface area contributed by atoms with Crippen molar-refractivity contribution in [2.45, 2.75) is 0 Å². The van der Waals surface area contributed by atoms with Gasteiger partial charge in [0.25, 0.3) is 4.92 Å². The van der Waals surface area contributed by atoms with Crippen molar-refractivity contribution in [3.63, 3.8) is 0 Å². The van der Waals surface area contributed by atoms with Crippen LogP contribution in [0.1, 0.15) is 0 Å². The summed E-state index contributed by atoms with van der Waals surface area (Å²) < 4.78 is 0. The Morgan fingerprint density at radius 2 is 2.17 bits per heavy atom. The first kappa shape index (κ1) is 8.45. The number of hydrogen-bond donors (Lipinski definition) is 1. The molecule has 64 valence electrons. The summed E-state index contributed by atoms with van der Waals surface area (Å²) in [6.45, 7) is 0. The summed E-state index contributed by atoms with van der Waals surface area (Å²) in [6.07, 6.45) is 1.31. The Morgan fingerprint density at radius 1 is 1.50 bits per heavy atom. The van der Waals surface area contributed by atoms with Gasteiger partial charge in [0.05, 0.1) is 4.91 Å². The lowest BCUT2D eigenvalue weighted by atomic mass is 10.4. The van der Waals surface area contributed by atoms with E-state index in [2.05, 4.69) is 4.98 Å². The first-order chi connectivity index (χ1) is 5.61. The van der Waals surface area contributed by atoms with Crippen LogP contribution in [0.5, 0.6) is 0 Å². The van der Waals surface area contributed by atoms with Crippen molar-refractivity contribution < 1.29 is 10.1 Å². The second-order valence-electron chi connectivity index (χ2n) is 2.54. The predicted molar refractivity (Wildman–Crippen MR) is 43.6 cm³/mol. The molecule has 0 saturated heterocycles. The van der Waals surface area contributed by atoms with E-state index in [0.717, 1.165) is 5.82 Å². The van der Waals surface area contributed by atoms with Crippen molar-refractivity contribution in [2.24, 2.45) is 0 Å². The molecule has 1 aromatic rings. The van der Waals surface area contributed by atoms with Crippen LogP contribution in [-0.2, 0) is 0 Å². The Hall–Kier alpha value is -1.65. The van der Waals surface area contributed by atoms with E-state index in [1.54, 1.807) is 11.0 Å². The van der Waals surface area contributed by atoms with Gasteiger partial charge in [-0.25, -0.2) is 10.2 Å². The Bertz CT molecular complexity index is 281. The molecule has 0 spiro atoms. The summed E-state index contributed by atoms with van der Waals surface area (Å²) >= 11 is 0. The van der Waals surface area contributed by atoms with Crippen LogP contribution in [0, 0.1) is 4.91 Å². The summed E-state index contributed by atoms with van der Waals surface area (Å²) in [4.78, 5) is 15.9. The maximum Gasteiger partial charge on any atom is 0.334 e. The minimum Gasteiger partial charge on any atom is -0.363 e. The minimum absolute atomic E-state index is 0.126. The number of hydrogen-bond acceptors (Lipinski definition) is 3. The van der Waals surface area contributed by atoms with Crippen LogP contribution in [0.15, 0.2) is 18.3 Å². The molecule has 0 amide bonds. The maximum absolute atomic E-state index is 10.3. The van der Waals surface area contributed by atoms with Crippen LogP contribution in [0.25, 0.3) is 0 Å². The quantitative estimate of drug-likeness (QED) is 0.668. The highest BCUT2D eigenvalue weighted by atomic mass is 16.6. The highest BCUT2D eigenvalue weighted by Crippen LogP contribution is 2.12. The van der Waals surface area contributed by atoms with Crippen molar-refractivity contribution >= 4 is 11.5 Å². The zero-order valence-electron chi connectivity index (χ0n) is 6.93. The smallest absolute Gasteiger partial charge is 0.334 e. The van der Waals surface area contributed by atoms with Gasteiger partial charge >= 0.3 is 5.69 Å². The van der Waals surface area contributed by atoms with E-state index in [9.17, 15) is 4.91 Å². The van der Waals surface area contributed by atoms with Crippen LogP contribution in [0.3, 0.4) is 0 Å². The fraction of sp³-hybridized carbons (Fsp3) is 0.286. The molecule has 12 heavy (non-hydrogen) atoms. The zero-order chi connectivity index (χ0) is 9.14. The molecule has 1 aromatic heterocycles. The predicted octanol–water partition coefficient (Wildman–Crippen LogP) is 0.947. The molecule has 0 aromatic carbocycles. The summed E-state index contributed by atoms with van der Waals surface area (Å²) in [5.74, 6) is 0.737. The van der Waals surface area contributed by atoms with Gasteiger partial charge in [0.15, 0.2) is 0 Å². The van der Waals surface area contributed by atoms with Crippen molar-refractivity contribution in [2.75, 3.05) is 19.0 Å². The molecule has 0 bridgehead atoms. The fourth-order valence-corrected chi connectivity index (χ4v) is 0.756. The van der Waals surface area contributed by atoms with Crippen LogP contribution < -0.4 is 4.90 Å². The second kappa shape index (κ2) is 3.17. The van der Waals surface area contributed by atoms with E-state index >= 15 is 0 Å². The Morgan fingerprint density at radius 3 is 2.50 bits per heavy atom. The molecule has 0 aliphatic heterocycles. The fourth-order valence-electron chi connectivity index (χ4n) is 0.756. The highest BCUT2D eigenvalue weighted by molar-refractivity contribution is 5.40. The average molecular weight is 168 g/mol. The summed E-state index contributed by atoms with van der Waals surface area (Å²) in [5.41, 5.74) is 0.126. The third-order valence-corrected chi connectivity index (χ3v) is 1.41. The monoisotopic (exact) mass is 168 g/mol. The lowest BCUT2D eigenvalue weighted by Crippen LogP contribution is -2.10. The summed E-state index contributed by atoms with van der Waals surface area (Å²) in [5, 5.41) is 8.48. The number of anilines is 1. The van der Waals surface area contributed by atoms with Gasteiger partial charge in [-0.2, -0.15) is 0 Å². The van der Waals surface area contributed by atoms with Crippen LogP contribution in [-0.4, -0.2) is 29.2 Å². The number of pyridine rings is 1. The Balaban J connectivity index is 2.93. The lowest BCUT2D eigenvalue weighted by Gasteiger charge is -2.08. The molecular formula is C7H10N3O2+. The van der Waals surface area contributed by atoms with Crippen molar-refractivity contribution in [3.8, 4) is 0 Å². The van der Waals surface area contributed by atoms with E-state index < -0.39 is 0 Å². The molecule has 0 radical (unpaired) electrons. The Kier molecular flexibility index (Phi) is 2.23. The lowest BCUT2D eigenvalue weighted by molar-refractivity contribution is -0.729. The SMILES string of the molecule is CN(C)c1ccc([N+](=O)O)cn1. The largest absolute Gasteiger partial charge is 0.363 e. The van der Waals surface area contributed by atoms with Crippen molar-refractivity contribution in [1.82, 2.24) is 4.98 Å². The number of rotatable bonds is 2. The van der Waals surface area contributed by atoms with E-state index in [-0.39, 0.29) is 10.6 Å². The number of aromatic nitrogens is 1. The molecule has 5 nitrogen and oxygen atoms in total. The summed E-state index contributed by atoms with van der Waals surface area (Å²) in [6, 6.07) is 3.14. The molecule has 5 heteroatoms. The third kappa shape index (κ3) is 1.69. The standard InChI is InChI=1S/C7H10N3O2/c1-9(2)7-4-3-6(5-8-7)10(11)12/h3-5H,1-2H3,(H,11,12)/q+1. The first-order valence-corrected chi connectivity index (χ1v) is 3.41. The molecule has 0 unspecified atom stereocenters. The van der Waals surface area contributed by atoms with E-state index in [0.29, 0.717) is 0 Å². The molecule has 0 fully saturated rings. The molecule has 1 rings (SSSR count). The second-order valence-corrected chi connectivity index (χ2v) is 2.54. The van der Waals surface area contributed by atoms with E-state index in [1.165, 1.54) is 12.3 Å². The first-order valence-electron chi connectivity index (χ1n) is 3.41. The zero-order valence-corrected chi connectivity index (χ0v) is 6.93. The van der Waals surface area contributed by atoms with Gasteiger partial charge in [-0.3, -0.25) is 0 Å². The van der Waals surface area contributed by atoms with Crippen LogP contribution in [0.4, 0.5) is 11.5 Å². The van der Waals surface area contributed by atoms with Crippen molar-refractivity contribution in [1.29, 1.82) is 0 Å². The highest BCUT2D eigenvalue weighted by Gasteiger charge is 2.10. The molecule has 0 atom stereocenters. The van der Waals surface area contributed by atoms with Crippen LogP contribution >= 0.6 is 0 Å². The molecule has 0 saturated carbocycles. The topological polar surface area (TPSA) is 56.4 Å². The van der Waals surface area contributed by atoms with Gasteiger partial charge < -0.3 is 4.90 Å². The van der Waals surface area contributed by atoms with Gasteiger partial charge in [0.2, 0.25) is 0 Å². The van der Waals surface area contributed by atoms with E-state index in [1.807, 2.05) is 14.1 Å². The molecule has 0 aliphatic carbocycles. The van der Waals surface area contributed by atoms with Gasteiger partial charge in [-0.1, -0.05) is 0 Å². The number of nitrogens with zero attached hydrogens (tertiary/aromatic N) is 3. The van der Waals surface area contributed by atoms with Crippen molar-refractivity contribution in [3.05, 3.63) is 23.2 Å². The summed E-state index contributed by atoms with van der Waals surface area (Å²) in [7, 11) is 3.69. The van der Waals surface area contributed by atoms with Crippen LogP contribution in [0.2, 0.25) is 0 Å². The van der Waals surface area contributed by atoms with Gasteiger partial charge in [-0.15, -0.1) is 0 Å². The third-order valence-electron chi connectivity index (χ3n) is 1.41. The molecule has 1 heterocycles. The van der Waals surface area contributed by atoms with Gasteiger partial charge in [-0.05, 0) is 6.07 Å². The molecule has 1 N–H and O–H groups in total. The normalized spacial score (nSPS) is 9.50. The van der Waals surface area contributed by atoms with E-state index in [4.69, 9.17) is 5.21 Å². The average Bonchev–Trinajstić information content (AvgIpc) is 2.04. The van der Waals surface area contributed by atoms with Gasteiger partial charge in [0.1, 0.15) is 12.0 Å². The minimum atomic E-state index is -0.216. The van der Waals surface area contributed by atoms with Gasteiger partial charge in [0, 0.05) is 20.2 Å². The molecular weight excluding hydrogens is 158 g/mol. The molecule has 0 aliphatic rings. The Labute approximate surface area is 69.8 Å². The maximum atomic E-state index is 10.3.